The topological polar surface area (TPSA) is 86.2 Å². The zero-order valence-corrected chi connectivity index (χ0v) is 18.0. The van der Waals surface area contributed by atoms with E-state index in [1.54, 1.807) is 0 Å². The summed E-state index contributed by atoms with van der Waals surface area (Å²) in [5.74, 6) is 6.94. The second-order valence-electron chi connectivity index (χ2n) is 8.57. The summed E-state index contributed by atoms with van der Waals surface area (Å²) in [4.78, 5) is 8.40. The number of nitrogens with zero attached hydrogens (tertiary/aromatic N) is 3. The number of halogens is 1. The standard InChI is InChI=1S/C24H25ClN4O2/c25-20-12-27-23(26)28-22(20)19-14-29(13-17-6-10-31-15-17)21-4-3-16(11-18(19)21)5-9-24(30)7-1-2-8-24/h3-4,11-12,14,17,30H,1-2,6-8,10,13,15H2,(H2,26,27,28). The van der Waals surface area contributed by atoms with Crippen molar-refractivity contribution in [1.29, 1.82) is 0 Å². The molecule has 5 rings (SSSR count). The van der Waals surface area contributed by atoms with Gasteiger partial charge in [0.1, 0.15) is 5.60 Å². The Kier molecular flexibility index (Phi) is 5.35. The summed E-state index contributed by atoms with van der Waals surface area (Å²) in [5.41, 5.74) is 8.44. The van der Waals surface area contributed by atoms with Crippen molar-refractivity contribution in [2.24, 2.45) is 5.92 Å². The van der Waals surface area contributed by atoms with Crippen LogP contribution in [-0.2, 0) is 11.3 Å². The van der Waals surface area contributed by atoms with Crippen molar-refractivity contribution >= 4 is 28.5 Å². The molecule has 1 aromatic carbocycles. The number of anilines is 1. The van der Waals surface area contributed by atoms with Gasteiger partial charge in [-0.05, 0) is 50.3 Å². The van der Waals surface area contributed by atoms with Gasteiger partial charge in [0.15, 0.2) is 0 Å². The third-order valence-electron chi connectivity index (χ3n) is 6.25. The fourth-order valence-electron chi connectivity index (χ4n) is 4.56. The summed E-state index contributed by atoms with van der Waals surface area (Å²) in [6.45, 7) is 2.45. The number of hydrogen-bond acceptors (Lipinski definition) is 5. The van der Waals surface area contributed by atoms with Gasteiger partial charge in [-0.3, -0.25) is 0 Å². The molecule has 2 aliphatic rings. The van der Waals surface area contributed by atoms with Crippen molar-refractivity contribution in [3.05, 3.63) is 41.2 Å². The van der Waals surface area contributed by atoms with E-state index in [4.69, 9.17) is 22.1 Å². The van der Waals surface area contributed by atoms with E-state index in [0.29, 0.717) is 16.6 Å². The highest BCUT2D eigenvalue weighted by Gasteiger charge is 2.28. The molecule has 31 heavy (non-hydrogen) atoms. The number of nitrogen functional groups attached to an aromatic ring is 1. The summed E-state index contributed by atoms with van der Waals surface area (Å²) < 4.78 is 7.80. The van der Waals surface area contributed by atoms with Crippen LogP contribution in [-0.4, -0.2) is 38.5 Å². The number of ether oxygens (including phenoxy) is 1. The third-order valence-corrected chi connectivity index (χ3v) is 6.52. The highest BCUT2D eigenvalue weighted by atomic mass is 35.5. The molecule has 0 radical (unpaired) electrons. The van der Waals surface area contributed by atoms with Gasteiger partial charge in [-0.15, -0.1) is 0 Å². The molecule has 0 spiro atoms. The van der Waals surface area contributed by atoms with Gasteiger partial charge in [0.25, 0.3) is 0 Å². The predicted octanol–water partition coefficient (Wildman–Crippen LogP) is 4.03. The molecule has 1 unspecified atom stereocenters. The molecule has 0 amide bonds. The highest BCUT2D eigenvalue weighted by Crippen LogP contribution is 2.35. The van der Waals surface area contributed by atoms with Crippen LogP contribution < -0.4 is 5.73 Å². The minimum Gasteiger partial charge on any atom is -0.381 e. The number of rotatable bonds is 3. The lowest BCUT2D eigenvalue weighted by atomic mass is 10.0. The number of nitrogens with two attached hydrogens (primary N) is 1. The van der Waals surface area contributed by atoms with E-state index in [1.807, 2.05) is 12.1 Å². The number of hydrogen-bond donors (Lipinski definition) is 2. The van der Waals surface area contributed by atoms with Gasteiger partial charge in [-0.25, -0.2) is 9.97 Å². The zero-order valence-electron chi connectivity index (χ0n) is 17.3. The molecule has 3 aromatic rings. The third kappa shape index (κ3) is 4.14. The monoisotopic (exact) mass is 436 g/mol. The van der Waals surface area contributed by atoms with Crippen molar-refractivity contribution in [3.8, 4) is 23.1 Å². The zero-order chi connectivity index (χ0) is 21.4. The van der Waals surface area contributed by atoms with Gasteiger partial charge in [0.2, 0.25) is 5.95 Å². The van der Waals surface area contributed by atoms with Crippen LogP contribution in [0.5, 0.6) is 0 Å². The Bertz CT molecular complexity index is 1180. The Morgan fingerprint density at radius 1 is 1.32 bits per heavy atom. The number of benzene rings is 1. The Balaban J connectivity index is 1.61. The number of aromatic nitrogens is 3. The van der Waals surface area contributed by atoms with E-state index in [-0.39, 0.29) is 5.95 Å². The first kappa shape index (κ1) is 20.3. The molecule has 1 aliphatic heterocycles. The van der Waals surface area contributed by atoms with E-state index in [2.05, 4.69) is 38.6 Å². The molecule has 1 atom stereocenters. The second-order valence-corrected chi connectivity index (χ2v) is 8.98. The van der Waals surface area contributed by atoms with Crippen molar-refractivity contribution in [1.82, 2.24) is 14.5 Å². The molecule has 0 bridgehead atoms. The summed E-state index contributed by atoms with van der Waals surface area (Å²) in [5, 5.41) is 12.0. The summed E-state index contributed by atoms with van der Waals surface area (Å²) >= 11 is 6.45. The van der Waals surface area contributed by atoms with E-state index in [0.717, 1.165) is 73.9 Å². The lowest BCUT2D eigenvalue weighted by Crippen LogP contribution is -2.20. The largest absolute Gasteiger partial charge is 0.381 e. The molecule has 160 valence electrons. The average Bonchev–Trinajstić information content (AvgIpc) is 3.50. The maximum Gasteiger partial charge on any atom is 0.220 e. The first-order valence-electron chi connectivity index (χ1n) is 10.8. The predicted molar refractivity (Wildman–Crippen MR) is 122 cm³/mol. The fraction of sp³-hybridized carbons (Fsp3) is 0.417. The number of fused-ring (bicyclic) bond motifs is 1. The number of aliphatic hydroxyl groups is 1. The minimum atomic E-state index is -0.864. The van der Waals surface area contributed by atoms with E-state index in [9.17, 15) is 5.11 Å². The quantitative estimate of drug-likeness (QED) is 0.605. The van der Waals surface area contributed by atoms with Gasteiger partial charge in [-0.2, -0.15) is 0 Å². The Morgan fingerprint density at radius 3 is 2.94 bits per heavy atom. The van der Waals surface area contributed by atoms with Crippen molar-refractivity contribution in [3.63, 3.8) is 0 Å². The van der Waals surface area contributed by atoms with Crippen LogP contribution in [0.25, 0.3) is 22.2 Å². The summed E-state index contributed by atoms with van der Waals surface area (Å²) in [6, 6.07) is 6.14. The Hall–Kier alpha value is -2.59. The van der Waals surface area contributed by atoms with Gasteiger partial charge >= 0.3 is 0 Å². The SMILES string of the molecule is Nc1ncc(Cl)c(-c2cn(CC3CCOC3)c3ccc(C#CC4(O)CCCC4)cc23)n1. The molecular weight excluding hydrogens is 412 g/mol. The van der Waals surface area contributed by atoms with Crippen LogP contribution in [0.4, 0.5) is 5.95 Å². The first-order chi connectivity index (χ1) is 15.0. The van der Waals surface area contributed by atoms with Gasteiger partial charge in [0, 0.05) is 47.3 Å². The van der Waals surface area contributed by atoms with Crippen LogP contribution >= 0.6 is 11.6 Å². The normalized spacial score (nSPS) is 20.1. The van der Waals surface area contributed by atoms with Crippen molar-refractivity contribution in [2.45, 2.75) is 44.2 Å². The second kappa shape index (κ2) is 8.16. The molecule has 1 saturated heterocycles. The van der Waals surface area contributed by atoms with Crippen molar-refractivity contribution in [2.75, 3.05) is 18.9 Å². The first-order valence-corrected chi connectivity index (χ1v) is 11.1. The maximum absolute atomic E-state index is 10.6. The molecule has 7 heteroatoms. The van der Waals surface area contributed by atoms with Crippen LogP contribution in [0.2, 0.25) is 5.02 Å². The molecule has 1 aliphatic carbocycles. The summed E-state index contributed by atoms with van der Waals surface area (Å²) in [7, 11) is 0. The molecule has 1 saturated carbocycles. The molecular formula is C24H25ClN4O2. The van der Waals surface area contributed by atoms with Crippen LogP contribution in [0, 0.1) is 17.8 Å². The molecule has 6 nitrogen and oxygen atoms in total. The van der Waals surface area contributed by atoms with Gasteiger partial charge in [-0.1, -0.05) is 23.4 Å². The Labute approximate surface area is 186 Å². The summed E-state index contributed by atoms with van der Waals surface area (Å²) in [6.07, 6.45) is 8.20. The van der Waals surface area contributed by atoms with Crippen LogP contribution in [0.3, 0.4) is 0 Å². The fourth-order valence-corrected chi connectivity index (χ4v) is 4.76. The van der Waals surface area contributed by atoms with E-state index in [1.165, 1.54) is 6.20 Å². The van der Waals surface area contributed by atoms with Crippen molar-refractivity contribution < 1.29 is 9.84 Å². The van der Waals surface area contributed by atoms with E-state index < -0.39 is 5.60 Å². The highest BCUT2D eigenvalue weighted by molar-refractivity contribution is 6.33. The lowest BCUT2D eigenvalue weighted by Gasteiger charge is -2.12. The molecule has 2 fully saturated rings. The smallest absolute Gasteiger partial charge is 0.220 e. The minimum absolute atomic E-state index is 0.184. The molecule has 3 N–H and O–H groups in total. The van der Waals surface area contributed by atoms with Crippen LogP contribution in [0.1, 0.15) is 37.7 Å². The Morgan fingerprint density at radius 2 is 2.16 bits per heavy atom. The molecule has 3 heterocycles. The van der Waals surface area contributed by atoms with E-state index >= 15 is 0 Å². The average molecular weight is 437 g/mol. The van der Waals surface area contributed by atoms with Gasteiger partial charge < -0.3 is 20.1 Å². The molecule has 2 aromatic heterocycles. The van der Waals surface area contributed by atoms with Crippen LogP contribution in [0.15, 0.2) is 30.6 Å². The lowest BCUT2D eigenvalue weighted by molar-refractivity contribution is 0.110. The maximum atomic E-state index is 10.6. The van der Waals surface area contributed by atoms with Gasteiger partial charge in [0.05, 0.1) is 23.5 Å².